The Bertz CT molecular complexity index is 1280. The van der Waals surface area contributed by atoms with Crippen LogP contribution in [0.25, 0.3) is 0 Å². The zero-order valence-electron chi connectivity index (χ0n) is 23.4. The first-order valence-electron chi connectivity index (χ1n) is 11.5. The van der Waals surface area contributed by atoms with Crippen molar-refractivity contribution >= 4 is 42.6 Å². The van der Waals surface area contributed by atoms with Crippen LogP contribution in [-0.4, -0.2) is 15.7 Å². The Labute approximate surface area is 283 Å². The number of H-pyrrole nitrogens is 1. The largest absolute Gasteiger partial charge is 1.00 e. The summed E-state index contributed by atoms with van der Waals surface area (Å²) in [5.74, 6) is -0.0372. The third-order valence-corrected chi connectivity index (χ3v) is 5.73. The monoisotopic (exact) mass is 614 g/mol. The van der Waals surface area contributed by atoms with Crippen molar-refractivity contribution in [1.29, 1.82) is 5.41 Å². The van der Waals surface area contributed by atoms with Crippen LogP contribution in [-0.2, 0) is 11.0 Å². The Kier molecular flexibility index (Phi) is 20.2. The molecule has 0 spiro atoms. The molecule has 0 saturated heterocycles. The molecule has 202 valence electrons. The van der Waals surface area contributed by atoms with Crippen molar-refractivity contribution in [2.24, 2.45) is 5.92 Å². The van der Waals surface area contributed by atoms with Crippen molar-refractivity contribution in [1.82, 2.24) is 9.97 Å². The Balaban J connectivity index is 0. The SMILES string of the molecule is C=C/C(Cl)=C(Nc1nc(Cc2ccc(OP(=O)([O-])[O-])cc2)[nH]c(=O)c1C(=N)C(C)C)\C(Cl)=C/CC.CC.[Na+].[Na+]. The Morgan fingerprint density at radius 3 is 2.26 bits per heavy atom. The van der Waals surface area contributed by atoms with Crippen molar-refractivity contribution < 1.29 is 78.0 Å². The predicted molar refractivity (Wildman–Crippen MR) is 146 cm³/mol. The van der Waals surface area contributed by atoms with Gasteiger partial charge in [-0.2, -0.15) is 0 Å². The third-order valence-electron chi connectivity index (χ3n) is 4.61. The molecule has 0 aliphatic carbocycles. The number of rotatable bonds is 11. The molecule has 1 aromatic heterocycles. The molecule has 1 heterocycles. The summed E-state index contributed by atoms with van der Waals surface area (Å²) in [6, 6.07) is 5.70. The zero-order chi connectivity index (χ0) is 28.3. The van der Waals surface area contributed by atoms with Crippen LogP contribution in [0.1, 0.15) is 58.0 Å². The molecule has 1 aromatic carbocycles. The minimum atomic E-state index is -5.17. The first-order chi connectivity index (χ1) is 17.4. The number of phosphoric ester groups is 1. The summed E-state index contributed by atoms with van der Waals surface area (Å²) in [5, 5.41) is 11.9. The van der Waals surface area contributed by atoms with Crippen LogP contribution in [0.4, 0.5) is 5.82 Å². The fourth-order valence-electron chi connectivity index (χ4n) is 2.96. The van der Waals surface area contributed by atoms with Crippen LogP contribution in [0.2, 0.25) is 0 Å². The number of allylic oxidation sites excluding steroid dienone is 4. The average Bonchev–Trinajstić information content (AvgIpc) is 2.83. The number of hydrogen-bond donors (Lipinski definition) is 3. The van der Waals surface area contributed by atoms with Crippen LogP contribution in [0.5, 0.6) is 5.75 Å². The van der Waals surface area contributed by atoms with Gasteiger partial charge >= 0.3 is 59.1 Å². The molecule has 9 nitrogen and oxygen atoms in total. The summed E-state index contributed by atoms with van der Waals surface area (Å²) in [4.78, 5) is 41.8. The van der Waals surface area contributed by atoms with Crippen LogP contribution in [0, 0.1) is 11.3 Å². The van der Waals surface area contributed by atoms with Crippen molar-refractivity contribution in [2.45, 2.75) is 47.5 Å². The van der Waals surface area contributed by atoms with Crippen LogP contribution in [0.15, 0.2) is 63.6 Å². The number of aromatic nitrogens is 2. The molecule has 2 rings (SSSR count). The van der Waals surface area contributed by atoms with E-state index in [1.807, 2.05) is 20.8 Å². The second-order valence-corrected chi connectivity index (χ2v) is 9.57. The summed E-state index contributed by atoms with van der Waals surface area (Å²) in [6.45, 7) is 13.1. The van der Waals surface area contributed by atoms with Crippen molar-refractivity contribution in [3.05, 3.63) is 86.1 Å². The van der Waals surface area contributed by atoms with E-state index in [1.165, 1.54) is 30.3 Å². The first-order valence-corrected chi connectivity index (χ1v) is 13.8. The van der Waals surface area contributed by atoms with Crippen LogP contribution < -0.4 is 84.3 Å². The van der Waals surface area contributed by atoms with Crippen molar-refractivity contribution in [3.63, 3.8) is 0 Å². The number of aromatic amines is 1. The van der Waals surface area contributed by atoms with Gasteiger partial charge in [-0.25, -0.2) is 4.98 Å². The molecular formula is C25H31Cl2N4Na2O5P. The molecule has 3 N–H and O–H groups in total. The standard InChI is InChI=1S/C23H27Cl2N4O5P.C2H6.2Na/c1-5-7-17(25)21(16(24)6-2)29-22-19(20(26)13(3)4)23(30)28-18(27-22)12-14-8-10-15(11-9-14)34-35(31,32)33;1-2;;/h6-11,13,26H,2,5,12H2,1,3-4H3,(H2,31,32,33)(H2,27,28,29,30);1-2H3;;/q;;2*+1/p-2/b17-7+,21-16-,26-20?;;;. The van der Waals surface area contributed by atoms with E-state index >= 15 is 0 Å². The molecule has 0 radical (unpaired) electrons. The molecular weight excluding hydrogens is 584 g/mol. The van der Waals surface area contributed by atoms with Gasteiger partial charge in [0, 0.05) is 6.42 Å². The van der Waals surface area contributed by atoms with Gasteiger partial charge in [0.05, 0.1) is 21.5 Å². The van der Waals surface area contributed by atoms with Gasteiger partial charge in [-0.05, 0) is 36.1 Å². The maximum atomic E-state index is 13.0. The maximum Gasteiger partial charge on any atom is 1.00 e. The number of benzene rings is 1. The van der Waals surface area contributed by atoms with E-state index in [0.717, 1.165) is 0 Å². The van der Waals surface area contributed by atoms with E-state index in [0.29, 0.717) is 17.0 Å². The number of nitrogens with zero attached hydrogens (tertiary/aromatic N) is 1. The van der Waals surface area contributed by atoms with Gasteiger partial charge in [-0.3, -0.25) is 4.79 Å². The number of anilines is 1. The van der Waals surface area contributed by atoms with Gasteiger partial charge in [0.15, 0.2) is 0 Å². The normalized spacial score (nSPS) is 11.7. The molecule has 0 aliphatic rings. The number of phosphoric acid groups is 1. The van der Waals surface area contributed by atoms with E-state index in [-0.39, 0.29) is 111 Å². The number of hydrogen-bond acceptors (Lipinski definition) is 8. The van der Waals surface area contributed by atoms with Crippen molar-refractivity contribution in [3.8, 4) is 5.75 Å². The first kappa shape index (κ1) is 40.5. The zero-order valence-corrected chi connectivity index (χ0v) is 29.8. The smallest absolute Gasteiger partial charge is 0.780 e. The summed E-state index contributed by atoms with van der Waals surface area (Å²) < 4.78 is 15.1. The van der Waals surface area contributed by atoms with Crippen molar-refractivity contribution in [2.75, 3.05) is 5.32 Å². The quantitative estimate of drug-likeness (QED) is 0.130. The molecule has 0 aliphatic heterocycles. The van der Waals surface area contributed by atoms with Gasteiger partial charge < -0.3 is 34.6 Å². The fourth-order valence-corrected chi connectivity index (χ4v) is 3.84. The van der Waals surface area contributed by atoms with Crippen LogP contribution in [0.3, 0.4) is 0 Å². The van der Waals surface area contributed by atoms with Gasteiger partial charge in [0.1, 0.15) is 30.8 Å². The molecule has 0 saturated carbocycles. The fraction of sp³-hybridized carbons (Fsp3) is 0.320. The predicted octanol–water partition coefficient (Wildman–Crippen LogP) is -0.793. The van der Waals surface area contributed by atoms with E-state index < -0.39 is 13.4 Å². The Morgan fingerprint density at radius 1 is 1.23 bits per heavy atom. The molecule has 0 unspecified atom stereocenters. The maximum absolute atomic E-state index is 13.0. The summed E-state index contributed by atoms with van der Waals surface area (Å²) >= 11 is 12.7. The van der Waals surface area contributed by atoms with E-state index in [9.17, 15) is 19.1 Å². The molecule has 39 heavy (non-hydrogen) atoms. The summed E-state index contributed by atoms with van der Waals surface area (Å²) in [6.07, 6.45) is 3.90. The molecule has 2 aromatic rings. The Hall–Kier alpha value is -0.680. The topological polar surface area (TPSA) is 154 Å². The third kappa shape index (κ3) is 13.2. The van der Waals surface area contributed by atoms with E-state index in [2.05, 4.69) is 26.4 Å². The second-order valence-electron chi connectivity index (χ2n) is 7.68. The van der Waals surface area contributed by atoms with Gasteiger partial charge in [-0.1, -0.05) is 82.6 Å². The second kappa shape index (κ2) is 19.4. The average molecular weight is 615 g/mol. The van der Waals surface area contributed by atoms with Gasteiger partial charge in [-0.15, -0.1) is 0 Å². The van der Waals surface area contributed by atoms with Gasteiger partial charge in [0.2, 0.25) is 0 Å². The minimum absolute atomic E-state index is 0. The van der Waals surface area contributed by atoms with E-state index in [1.54, 1.807) is 19.9 Å². The minimum Gasteiger partial charge on any atom is -0.780 e. The van der Waals surface area contributed by atoms with Gasteiger partial charge in [0.25, 0.3) is 5.56 Å². The molecule has 0 bridgehead atoms. The summed E-state index contributed by atoms with van der Waals surface area (Å²) in [7, 11) is -5.17. The molecule has 0 fully saturated rings. The molecule has 14 heteroatoms. The molecule has 0 atom stereocenters. The number of nitrogens with one attached hydrogen (secondary N) is 3. The number of halogens is 2. The summed E-state index contributed by atoms with van der Waals surface area (Å²) in [5.41, 5.74) is 0.515. The Morgan fingerprint density at radius 2 is 1.79 bits per heavy atom. The van der Waals surface area contributed by atoms with E-state index in [4.69, 9.17) is 28.6 Å². The van der Waals surface area contributed by atoms with Crippen LogP contribution >= 0.6 is 31.0 Å². The molecule has 0 amide bonds.